The monoisotopic (exact) mass is 413 g/mol. The van der Waals surface area contributed by atoms with Crippen LogP contribution in [0.25, 0.3) is 0 Å². The quantitative estimate of drug-likeness (QED) is 0.708. The third-order valence-corrected chi connectivity index (χ3v) is 5.90. The third kappa shape index (κ3) is 5.15. The zero-order valence-electron chi connectivity index (χ0n) is 11.0. The van der Waals surface area contributed by atoms with Gasteiger partial charge in [0.15, 0.2) is 0 Å². The van der Waals surface area contributed by atoms with Crippen molar-refractivity contribution in [1.82, 2.24) is 4.72 Å². The summed E-state index contributed by atoms with van der Waals surface area (Å²) in [6, 6.07) is 5.11. The molecule has 0 bridgehead atoms. The van der Waals surface area contributed by atoms with Gasteiger partial charge in [0.05, 0.1) is 31.1 Å². The van der Waals surface area contributed by atoms with Crippen LogP contribution in [-0.4, -0.2) is 34.6 Å². The number of nitrogens with one attached hydrogen (secondary N) is 2. The average molecular weight is 415 g/mol. The van der Waals surface area contributed by atoms with Gasteiger partial charge in [-0.15, -0.1) is 0 Å². The first-order chi connectivity index (χ1) is 8.90. The van der Waals surface area contributed by atoms with Crippen molar-refractivity contribution < 1.29 is 13.3 Å². The van der Waals surface area contributed by atoms with Gasteiger partial charge >= 0.3 is 0 Å². The Kier molecular flexibility index (Phi) is 6.96. The van der Waals surface area contributed by atoms with Crippen LogP contribution < -0.4 is 9.62 Å². The molecule has 0 amide bonds. The number of likely N-dealkylation sites (N-methyl/N-ethyl adjacent to an activating group) is 1. The van der Waals surface area contributed by atoms with E-state index in [0.717, 1.165) is 24.1 Å². The molecule has 0 aliphatic rings. The van der Waals surface area contributed by atoms with E-state index in [-0.39, 0.29) is 4.90 Å². The molecule has 1 rings (SSSR count). The van der Waals surface area contributed by atoms with Crippen LogP contribution >= 0.6 is 31.9 Å². The van der Waals surface area contributed by atoms with E-state index in [0.29, 0.717) is 11.0 Å². The van der Waals surface area contributed by atoms with E-state index >= 15 is 0 Å². The minimum absolute atomic E-state index is 0.261. The van der Waals surface area contributed by atoms with Gasteiger partial charge in [0.2, 0.25) is 10.0 Å². The topological polar surface area (TPSA) is 50.6 Å². The summed E-state index contributed by atoms with van der Waals surface area (Å²) in [4.78, 5) is 1.63. The summed E-state index contributed by atoms with van der Waals surface area (Å²) in [5, 5.41) is 0. The van der Waals surface area contributed by atoms with Gasteiger partial charge in [-0.1, -0.05) is 15.9 Å². The lowest BCUT2D eigenvalue weighted by atomic mass is 10.4. The van der Waals surface area contributed by atoms with E-state index in [1.807, 2.05) is 0 Å². The molecule has 4 nitrogen and oxygen atoms in total. The van der Waals surface area contributed by atoms with Gasteiger partial charge in [0.25, 0.3) is 0 Å². The highest BCUT2D eigenvalue weighted by molar-refractivity contribution is 9.11. The predicted molar refractivity (Wildman–Crippen MR) is 83.9 cm³/mol. The van der Waals surface area contributed by atoms with Crippen molar-refractivity contribution in [2.24, 2.45) is 0 Å². The first kappa shape index (κ1) is 17.1. The van der Waals surface area contributed by atoms with Crippen LogP contribution in [0.1, 0.15) is 13.8 Å². The number of halogens is 2. The second-order valence-corrected chi connectivity index (χ2v) is 7.69. The lowest BCUT2D eigenvalue weighted by molar-refractivity contribution is -0.895. The van der Waals surface area contributed by atoms with Gasteiger partial charge in [-0.3, -0.25) is 0 Å². The summed E-state index contributed by atoms with van der Waals surface area (Å²) in [5.74, 6) is 0. The van der Waals surface area contributed by atoms with Crippen LogP contribution in [0.2, 0.25) is 0 Å². The number of quaternary nitrogens is 1. The normalized spacial score (nSPS) is 12.1. The Labute approximate surface area is 131 Å². The maximum absolute atomic E-state index is 12.2. The maximum atomic E-state index is 12.2. The number of rotatable bonds is 7. The molecule has 0 spiro atoms. The van der Waals surface area contributed by atoms with Gasteiger partial charge in [-0.05, 0) is 48.0 Å². The molecule has 0 atom stereocenters. The summed E-state index contributed by atoms with van der Waals surface area (Å²) in [6.07, 6.45) is 0. The molecule has 0 unspecified atom stereocenters. The van der Waals surface area contributed by atoms with Crippen molar-refractivity contribution in [2.45, 2.75) is 18.7 Å². The van der Waals surface area contributed by atoms with Crippen molar-refractivity contribution in [3.05, 3.63) is 27.1 Å². The molecule has 0 fully saturated rings. The SMILES string of the molecule is CC[NH+](CC)CCNS(=O)(=O)c1cc(Br)ccc1Br. The molecule has 1 aromatic rings. The van der Waals surface area contributed by atoms with Gasteiger partial charge in [-0.25, -0.2) is 13.1 Å². The highest BCUT2D eigenvalue weighted by Crippen LogP contribution is 2.25. The summed E-state index contributed by atoms with van der Waals surface area (Å²) in [7, 11) is -3.47. The average Bonchev–Trinajstić information content (AvgIpc) is 2.37. The third-order valence-electron chi connectivity index (χ3n) is 2.95. The maximum Gasteiger partial charge on any atom is 0.241 e. The van der Waals surface area contributed by atoms with E-state index in [1.54, 1.807) is 18.2 Å². The lowest BCUT2D eigenvalue weighted by Gasteiger charge is -2.16. The second-order valence-electron chi connectivity index (χ2n) is 4.18. The van der Waals surface area contributed by atoms with E-state index in [4.69, 9.17) is 0 Å². The van der Waals surface area contributed by atoms with Crippen molar-refractivity contribution in [3.8, 4) is 0 Å². The van der Waals surface area contributed by atoms with Crippen LogP contribution in [0.15, 0.2) is 32.0 Å². The first-order valence-corrected chi connectivity index (χ1v) is 9.26. The smallest absolute Gasteiger partial charge is 0.241 e. The molecule has 2 N–H and O–H groups in total. The largest absolute Gasteiger partial charge is 0.334 e. The van der Waals surface area contributed by atoms with Crippen molar-refractivity contribution in [2.75, 3.05) is 26.2 Å². The molecule has 0 aliphatic carbocycles. The minimum atomic E-state index is -3.47. The Morgan fingerprint density at radius 1 is 1.21 bits per heavy atom. The highest BCUT2D eigenvalue weighted by Gasteiger charge is 2.18. The Morgan fingerprint density at radius 2 is 1.84 bits per heavy atom. The minimum Gasteiger partial charge on any atom is -0.334 e. The molecule has 108 valence electrons. The highest BCUT2D eigenvalue weighted by atomic mass is 79.9. The van der Waals surface area contributed by atoms with Crippen LogP contribution in [0, 0.1) is 0 Å². The first-order valence-electron chi connectivity index (χ1n) is 6.19. The number of sulfonamides is 1. The Hall–Kier alpha value is 0.0500. The summed E-state index contributed by atoms with van der Waals surface area (Å²) >= 11 is 6.55. The predicted octanol–water partition coefficient (Wildman–Crippen LogP) is 1.41. The fourth-order valence-electron chi connectivity index (χ4n) is 1.73. The zero-order chi connectivity index (χ0) is 14.5. The molecule has 0 saturated heterocycles. The Bertz CT molecular complexity index is 516. The van der Waals surface area contributed by atoms with E-state index < -0.39 is 10.0 Å². The number of hydrogen-bond donors (Lipinski definition) is 2. The standard InChI is InChI=1S/C12H18Br2N2O2S/c1-3-16(4-2)8-7-15-19(17,18)12-9-10(13)5-6-11(12)14/h5-6,9,15H,3-4,7-8H2,1-2H3/p+1. The molecule has 0 aromatic heterocycles. The molecule has 0 radical (unpaired) electrons. The fourth-order valence-corrected chi connectivity index (χ4v) is 4.26. The molecule has 1 aromatic carbocycles. The van der Waals surface area contributed by atoms with Crippen molar-refractivity contribution in [1.29, 1.82) is 0 Å². The van der Waals surface area contributed by atoms with Crippen molar-refractivity contribution >= 4 is 41.9 Å². The summed E-state index contributed by atoms with van der Waals surface area (Å²) < 4.78 is 28.3. The molecule has 7 heteroatoms. The van der Waals surface area contributed by atoms with E-state index in [2.05, 4.69) is 50.4 Å². The van der Waals surface area contributed by atoms with Gasteiger partial charge in [0, 0.05) is 8.95 Å². The number of benzene rings is 1. The Morgan fingerprint density at radius 3 is 2.42 bits per heavy atom. The molecule has 0 heterocycles. The van der Waals surface area contributed by atoms with Crippen molar-refractivity contribution in [3.63, 3.8) is 0 Å². The fraction of sp³-hybridized carbons (Fsp3) is 0.500. The van der Waals surface area contributed by atoms with Crippen LogP contribution in [0.3, 0.4) is 0 Å². The molecular formula is C12H19Br2N2O2S+. The van der Waals surface area contributed by atoms with Crippen LogP contribution in [-0.2, 0) is 10.0 Å². The lowest BCUT2D eigenvalue weighted by Crippen LogP contribution is -3.12. The zero-order valence-corrected chi connectivity index (χ0v) is 15.0. The number of hydrogen-bond acceptors (Lipinski definition) is 2. The molecular weight excluding hydrogens is 396 g/mol. The summed E-state index contributed by atoms with van der Waals surface area (Å²) in [6.45, 7) is 7.42. The molecule has 0 aliphatic heterocycles. The molecule has 0 saturated carbocycles. The van der Waals surface area contributed by atoms with E-state index in [1.165, 1.54) is 4.90 Å². The van der Waals surface area contributed by atoms with Crippen LogP contribution in [0.4, 0.5) is 0 Å². The molecule has 19 heavy (non-hydrogen) atoms. The van der Waals surface area contributed by atoms with Crippen LogP contribution in [0.5, 0.6) is 0 Å². The second kappa shape index (κ2) is 7.73. The Balaban J connectivity index is 2.73. The van der Waals surface area contributed by atoms with Gasteiger partial charge in [-0.2, -0.15) is 0 Å². The van der Waals surface area contributed by atoms with Gasteiger partial charge in [0.1, 0.15) is 0 Å². The summed E-state index contributed by atoms with van der Waals surface area (Å²) in [5.41, 5.74) is 0. The van der Waals surface area contributed by atoms with E-state index in [9.17, 15) is 8.42 Å². The van der Waals surface area contributed by atoms with Gasteiger partial charge < -0.3 is 4.90 Å².